The van der Waals surface area contributed by atoms with E-state index in [0.29, 0.717) is 19.3 Å². The molecule has 6 heteroatoms. The molecule has 0 saturated heterocycles. The van der Waals surface area contributed by atoms with E-state index < -0.39 is 6.10 Å². The number of carbonyl (C=O) groups excluding carboxylic acids is 3. The molecule has 62 heavy (non-hydrogen) atoms. The highest BCUT2D eigenvalue weighted by molar-refractivity contribution is 5.71. The zero-order valence-corrected chi connectivity index (χ0v) is 40.6. The third kappa shape index (κ3) is 47.9. The van der Waals surface area contributed by atoms with E-state index in [1.54, 1.807) is 0 Å². The van der Waals surface area contributed by atoms with E-state index in [4.69, 9.17) is 14.2 Å². The van der Waals surface area contributed by atoms with Crippen LogP contribution in [0.2, 0.25) is 0 Å². The smallest absolute Gasteiger partial charge is 0.306 e. The van der Waals surface area contributed by atoms with Crippen molar-refractivity contribution in [3.63, 3.8) is 0 Å². The minimum atomic E-state index is -0.791. The highest BCUT2D eigenvalue weighted by Crippen LogP contribution is 2.14. The SMILES string of the molecule is CC/C=C\C/C=C\C/C=C\CCCCCCC(=O)OCC(COC(=O)CCCCCCCC/C=C\C=C/CCCCC)OC(=O)CCCCCCCCC/C=C\CCCCCC. The summed E-state index contributed by atoms with van der Waals surface area (Å²) in [6, 6.07) is 0. The molecule has 0 aliphatic carbocycles. The van der Waals surface area contributed by atoms with Crippen molar-refractivity contribution in [2.45, 2.75) is 252 Å². The summed E-state index contributed by atoms with van der Waals surface area (Å²) in [6.07, 6.45) is 63.1. The van der Waals surface area contributed by atoms with Crippen molar-refractivity contribution in [3.8, 4) is 0 Å². The molecule has 0 saturated carbocycles. The summed E-state index contributed by atoms with van der Waals surface area (Å²) in [5.74, 6) is -0.927. The van der Waals surface area contributed by atoms with Crippen molar-refractivity contribution in [1.29, 1.82) is 0 Å². The van der Waals surface area contributed by atoms with Crippen molar-refractivity contribution in [2.24, 2.45) is 0 Å². The van der Waals surface area contributed by atoms with Gasteiger partial charge in [-0.1, -0.05) is 196 Å². The monoisotopic (exact) mass is 865 g/mol. The molecule has 356 valence electrons. The Kier molecular flexibility index (Phi) is 47.9. The number of allylic oxidation sites excluding steroid dienone is 12. The van der Waals surface area contributed by atoms with Crippen molar-refractivity contribution in [2.75, 3.05) is 13.2 Å². The van der Waals surface area contributed by atoms with E-state index in [1.165, 1.54) is 109 Å². The lowest BCUT2D eigenvalue weighted by Gasteiger charge is -2.18. The molecule has 0 aliphatic heterocycles. The van der Waals surface area contributed by atoms with Gasteiger partial charge in [0, 0.05) is 19.3 Å². The predicted octanol–water partition coefficient (Wildman–Crippen LogP) is 17.0. The molecule has 0 spiro atoms. The van der Waals surface area contributed by atoms with Gasteiger partial charge in [0.05, 0.1) is 0 Å². The molecule has 1 atom stereocenters. The van der Waals surface area contributed by atoms with E-state index in [2.05, 4.69) is 93.7 Å². The number of hydrogen-bond acceptors (Lipinski definition) is 6. The van der Waals surface area contributed by atoms with E-state index in [-0.39, 0.29) is 31.1 Å². The quantitative estimate of drug-likeness (QED) is 0.0199. The van der Waals surface area contributed by atoms with Gasteiger partial charge in [-0.05, 0) is 103 Å². The maximum Gasteiger partial charge on any atom is 0.306 e. The summed E-state index contributed by atoms with van der Waals surface area (Å²) >= 11 is 0. The van der Waals surface area contributed by atoms with Gasteiger partial charge in [0.25, 0.3) is 0 Å². The summed E-state index contributed by atoms with van der Waals surface area (Å²) in [5, 5.41) is 0. The predicted molar refractivity (Wildman–Crippen MR) is 265 cm³/mol. The van der Waals surface area contributed by atoms with Crippen LogP contribution in [0.1, 0.15) is 245 Å². The Hall–Kier alpha value is -3.15. The van der Waals surface area contributed by atoms with Gasteiger partial charge in [0.1, 0.15) is 13.2 Å². The summed E-state index contributed by atoms with van der Waals surface area (Å²) in [6.45, 7) is 6.45. The zero-order valence-electron chi connectivity index (χ0n) is 40.6. The van der Waals surface area contributed by atoms with E-state index in [1.807, 2.05) is 0 Å². The number of esters is 3. The normalized spacial score (nSPS) is 12.6. The van der Waals surface area contributed by atoms with Crippen LogP contribution in [0, 0.1) is 0 Å². The molecule has 0 bridgehead atoms. The highest BCUT2D eigenvalue weighted by Gasteiger charge is 2.19. The fourth-order valence-corrected chi connectivity index (χ4v) is 7.03. The molecule has 0 fully saturated rings. The van der Waals surface area contributed by atoms with Crippen LogP contribution in [0.15, 0.2) is 72.9 Å². The van der Waals surface area contributed by atoms with E-state index >= 15 is 0 Å². The molecule has 0 aliphatic rings. The first kappa shape index (κ1) is 58.9. The first-order chi connectivity index (χ1) is 30.5. The Labute approximate surface area is 382 Å². The standard InChI is InChI=1S/C56H96O6/c1-4-7-10-13-16-19-22-25-28-31-34-37-40-43-46-49-55(58)61-52-53(51-60-54(57)48-45-42-39-36-33-30-27-24-21-18-15-12-9-6-3)62-56(59)50-47-44-41-38-35-32-29-26-23-20-17-14-11-8-5-2/h9,12,16,18-23,25,27,30,53H,4-8,10-11,13-15,17,24,26,28-29,31-52H2,1-3H3/b12-9-,19-16-,21-18-,23-20-,25-22-,30-27-. The highest BCUT2D eigenvalue weighted by atomic mass is 16.6. The Balaban J connectivity index is 4.44. The largest absolute Gasteiger partial charge is 0.462 e. The molecule has 0 rings (SSSR count). The molecule has 0 heterocycles. The third-order valence-corrected chi connectivity index (χ3v) is 10.9. The average molecular weight is 865 g/mol. The topological polar surface area (TPSA) is 78.9 Å². The molecule has 0 N–H and O–H groups in total. The first-order valence-corrected chi connectivity index (χ1v) is 26.0. The lowest BCUT2D eigenvalue weighted by Crippen LogP contribution is -2.30. The molecule has 0 amide bonds. The van der Waals surface area contributed by atoms with Gasteiger partial charge in [0.2, 0.25) is 0 Å². The van der Waals surface area contributed by atoms with Gasteiger partial charge in [-0.3, -0.25) is 14.4 Å². The molecule has 0 radical (unpaired) electrons. The molecule has 0 aromatic rings. The van der Waals surface area contributed by atoms with Crippen LogP contribution < -0.4 is 0 Å². The summed E-state index contributed by atoms with van der Waals surface area (Å²) in [5.41, 5.74) is 0. The third-order valence-electron chi connectivity index (χ3n) is 10.9. The number of carbonyl (C=O) groups is 3. The van der Waals surface area contributed by atoms with Gasteiger partial charge in [0.15, 0.2) is 6.10 Å². The second kappa shape index (κ2) is 50.5. The first-order valence-electron chi connectivity index (χ1n) is 26.0. The van der Waals surface area contributed by atoms with Crippen molar-refractivity contribution in [3.05, 3.63) is 72.9 Å². The maximum absolute atomic E-state index is 12.8. The van der Waals surface area contributed by atoms with E-state index in [0.717, 1.165) is 96.3 Å². The minimum Gasteiger partial charge on any atom is -0.462 e. The Bertz CT molecular complexity index is 1180. The van der Waals surface area contributed by atoms with Crippen LogP contribution in [-0.4, -0.2) is 37.2 Å². The second-order valence-electron chi connectivity index (χ2n) is 17.1. The molecular formula is C56H96O6. The molecule has 0 aromatic carbocycles. The number of ether oxygens (including phenoxy) is 3. The van der Waals surface area contributed by atoms with Gasteiger partial charge >= 0.3 is 17.9 Å². The molecule has 1 unspecified atom stereocenters. The number of rotatable bonds is 46. The zero-order chi connectivity index (χ0) is 45.1. The minimum absolute atomic E-state index is 0.0907. The molecule has 0 aromatic heterocycles. The summed E-state index contributed by atoms with van der Waals surface area (Å²) < 4.78 is 16.8. The lowest BCUT2D eigenvalue weighted by molar-refractivity contribution is -0.167. The fourth-order valence-electron chi connectivity index (χ4n) is 7.03. The van der Waals surface area contributed by atoms with Gasteiger partial charge < -0.3 is 14.2 Å². The van der Waals surface area contributed by atoms with Gasteiger partial charge in [-0.15, -0.1) is 0 Å². The van der Waals surface area contributed by atoms with Gasteiger partial charge in [-0.25, -0.2) is 0 Å². The average Bonchev–Trinajstić information content (AvgIpc) is 3.27. The Morgan fingerprint density at radius 1 is 0.355 bits per heavy atom. The van der Waals surface area contributed by atoms with Crippen LogP contribution in [0.25, 0.3) is 0 Å². The Morgan fingerprint density at radius 3 is 1.13 bits per heavy atom. The summed E-state index contributed by atoms with van der Waals surface area (Å²) in [7, 11) is 0. The van der Waals surface area contributed by atoms with Crippen LogP contribution in [-0.2, 0) is 28.6 Å². The van der Waals surface area contributed by atoms with Crippen LogP contribution >= 0.6 is 0 Å². The van der Waals surface area contributed by atoms with Gasteiger partial charge in [-0.2, -0.15) is 0 Å². The van der Waals surface area contributed by atoms with Crippen LogP contribution in [0.5, 0.6) is 0 Å². The molecule has 6 nitrogen and oxygen atoms in total. The van der Waals surface area contributed by atoms with Crippen molar-refractivity contribution >= 4 is 17.9 Å². The van der Waals surface area contributed by atoms with Crippen molar-refractivity contribution in [1.82, 2.24) is 0 Å². The second-order valence-corrected chi connectivity index (χ2v) is 17.1. The van der Waals surface area contributed by atoms with Crippen LogP contribution in [0.4, 0.5) is 0 Å². The van der Waals surface area contributed by atoms with Crippen LogP contribution in [0.3, 0.4) is 0 Å². The van der Waals surface area contributed by atoms with E-state index in [9.17, 15) is 14.4 Å². The van der Waals surface area contributed by atoms with Crippen molar-refractivity contribution < 1.29 is 28.6 Å². The maximum atomic E-state index is 12.8. The number of unbranched alkanes of at least 4 members (excludes halogenated alkanes) is 24. The fraction of sp³-hybridized carbons (Fsp3) is 0.732. The summed E-state index contributed by atoms with van der Waals surface area (Å²) in [4.78, 5) is 38.0. The number of hydrogen-bond donors (Lipinski definition) is 0. The lowest BCUT2D eigenvalue weighted by atomic mass is 10.1. The molecular weight excluding hydrogens is 769 g/mol. The Morgan fingerprint density at radius 2 is 0.677 bits per heavy atom.